The van der Waals surface area contributed by atoms with Crippen LogP contribution in [0, 0.1) is 5.82 Å². The first-order valence-electron chi connectivity index (χ1n) is 4.41. The van der Waals surface area contributed by atoms with E-state index in [1.54, 1.807) is 17.4 Å². The second kappa shape index (κ2) is 5.64. The molecule has 86 valence electrons. The summed E-state index contributed by atoms with van der Waals surface area (Å²) in [6, 6.07) is 6.29. The van der Waals surface area contributed by atoms with E-state index in [1.807, 2.05) is 16.8 Å². The molecule has 2 rings (SSSR count). The quantitative estimate of drug-likeness (QED) is 0.882. The number of nitrogens with two attached hydrogens (primary N) is 1. The second-order valence-corrected chi connectivity index (χ2v) is 4.40. The summed E-state index contributed by atoms with van der Waals surface area (Å²) in [5.74, 6) is -0.431. The molecule has 0 aliphatic heterocycles. The summed E-state index contributed by atoms with van der Waals surface area (Å²) in [7, 11) is 0. The average molecular weight is 278 g/mol. The number of hydrogen-bond acceptors (Lipinski definition) is 2. The fraction of sp³-hybridized carbons (Fsp3) is 0.0909. The van der Waals surface area contributed by atoms with E-state index >= 15 is 0 Å². The first kappa shape index (κ1) is 13.5. The van der Waals surface area contributed by atoms with Gasteiger partial charge in [-0.2, -0.15) is 11.3 Å². The zero-order chi connectivity index (χ0) is 10.8. The molecule has 0 saturated carbocycles. The monoisotopic (exact) mass is 277 g/mol. The minimum atomic E-state index is -0.431. The van der Waals surface area contributed by atoms with Gasteiger partial charge in [0, 0.05) is 0 Å². The molecule has 0 saturated heterocycles. The summed E-state index contributed by atoms with van der Waals surface area (Å²) in [5, 5.41) is 4.02. The predicted molar refractivity (Wildman–Crippen MR) is 69.0 cm³/mol. The molecule has 2 aromatic rings. The molecule has 0 aliphatic rings. The molecule has 0 radical (unpaired) electrons. The smallest absolute Gasteiger partial charge is 0.142 e. The minimum absolute atomic E-state index is 0. The summed E-state index contributed by atoms with van der Waals surface area (Å²) in [6.45, 7) is 0. The van der Waals surface area contributed by atoms with Crippen LogP contribution in [0.2, 0.25) is 5.02 Å². The Morgan fingerprint density at radius 1 is 1.25 bits per heavy atom. The number of thiophene rings is 1. The van der Waals surface area contributed by atoms with Crippen LogP contribution in [0.5, 0.6) is 0 Å². The lowest BCUT2D eigenvalue weighted by Gasteiger charge is -2.10. The second-order valence-electron chi connectivity index (χ2n) is 3.21. The van der Waals surface area contributed by atoms with Gasteiger partial charge in [0.25, 0.3) is 0 Å². The average Bonchev–Trinajstić information content (AvgIpc) is 2.74. The molecule has 1 nitrogen and oxygen atoms in total. The zero-order valence-electron chi connectivity index (χ0n) is 8.19. The van der Waals surface area contributed by atoms with E-state index in [0.717, 1.165) is 11.1 Å². The van der Waals surface area contributed by atoms with Crippen LogP contribution >= 0.6 is 35.3 Å². The fourth-order valence-corrected chi connectivity index (χ4v) is 2.16. The number of rotatable bonds is 2. The molecule has 1 atom stereocenters. The van der Waals surface area contributed by atoms with Crippen molar-refractivity contribution in [2.45, 2.75) is 6.04 Å². The summed E-state index contributed by atoms with van der Waals surface area (Å²) in [4.78, 5) is 0. The fourth-order valence-electron chi connectivity index (χ4n) is 1.35. The third-order valence-corrected chi connectivity index (χ3v) is 3.21. The molecule has 1 aromatic heterocycles. The van der Waals surface area contributed by atoms with E-state index in [-0.39, 0.29) is 23.5 Å². The third kappa shape index (κ3) is 2.74. The molecular weight excluding hydrogens is 268 g/mol. The van der Waals surface area contributed by atoms with E-state index in [9.17, 15) is 4.39 Å². The maximum absolute atomic E-state index is 13.2. The van der Waals surface area contributed by atoms with Crippen molar-refractivity contribution in [3.8, 4) is 0 Å². The molecular formula is C11H10Cl2FNS. The van der Waals surface area contributed by atoms with Crippen LogP contribution < -0.4 is 5.73 Å². The normalized spacial score (nSPS) is 11.9. The van der Waals surface area contributed by atoms with Crippen molar-refractivity contribution in [3.63, 3.8) is 0 Å². The van der Waals surface area contributed by atoms with E-state index in [2.05, 4.69) is 0 Å². The maximum atomic E-state index is 13.2. The highest BCUT2D eigenvalue weighted by Crippen LogP contribution is 2.24. The Balaban J connectivity index is 0.00000128. The lowest BCUT2D eigenvalue weighted by atomic mass is 10.0. The highest BCUT2D eigenvalue weighted by Gasteiger charge is 2.11. The highest BCUT2D eigenvalue weighted by atomic mass is 35.5. The lowest BCUT2D eigenvalue weighted by molar-refractivity contribution is 0.624. The van der Waals surface area contributed by atoms with Crippen LogP contribution in [0.4, 0.5) is 4.39 Å². The van der Waals surface area contributed by atoms with Gasteiger partial charge in [-0.3, -0.25) is 0 Å². The standard InChI is InChI=1S/C11H9ClFNS.ClH/c12-9-2-1-7(5-10(9)13)11(14)8-3-4-15-6-8;/h1-6,11H,14H2;1H/t11-;/m1./s1. The summed E-state index contributed by atoms with van der Waals surface area (Å²) < 4.78 is 13.2. The van der Waals surface area contributed by atoms with Crippen LogP contribution in [-0.4, -0.2) is 0 Å². The first-order valence-corrected chi connectivity index (χ1v) is 5.73. The molecule has 0 unspecified atom stereocenters. The van der Waals surface area contributed by atoms with Gasteiger partial charge in [0.15, 0.2) is 0 Å². The molecule has 0 spiro atoms. The van der Waals surface area contributed by atoms with Crippen molar-refractivity contribution in [1.82, 2.24) is 0 Å². The highest BCUT2D eigenvalue weighted by molar-refractivity contribution is 7.08. The van der Waals surface area contributed by atoms with E-state index in [1.165, 1.54) is 12.1 Å². The molecule has 5 heteroatoms. The van der Waals surface area contributed by atoms with E-state index in [4.69, 9.17) is 17.3 Å². The molecule has 0 bridgehead atoms. The summed E-state index contributed by atoms with van der Waals surface area (Å²) in [5.41, 5.74) is 7.70. The van der Waals surface area contributed by atoms with Gasteiger partial charge < -0.3 is 5.73 Å². The molecule has 1 aromatic carbocycles. The van der Waals surface area contributed by atoms with E-state index < -0.39 is 5.82 Å². The van der Waals surface area contributed by atoms with Crippen LogP contribution in [0.1, 0.15) is 17.2 Å². The van der Waals surface area contributed by atoms with Crippen LogP contribution in [-0.2, 0) is 0 Å². The van der Waals surface area contributed by atoms with Crippen molar-refractivity contribution < 1.29 is 4.39 Å². The van der Waals surface area contributed by atoms with Crippen molar-refractivity contribution >= 4 is 35.3 Å². The van der Waals surface area contributed by atoms with Gasteiger partial charge in [0.05, 0.1) is 11.1 Å². The number of benzene rings is 1. The van der Waals surface area contributed by atoms with Gasteiger partial charge in [0.1, 0.15) is 5.82 Å². The minimum Gasteiger partial charge on any atom is -0.320 e. The molecule has 0 amide bonds. The van der Waals surface area contributed by atoms with Gasteiger partial charge in [-0.05, 0) is 40.1 Å². The molecule has 0 fully saturated rings. The Bertz CT molecular complexity index is 459. The molecule has 0 aliphatic carbocycles. The Kier molecular flexibility index (Phi) is 4.74. The van der Waals surface area contributed by atoms with Gasteiger partial charge >= 0.3 is 0 Å². The largest absolute Gasteiger partial charge is 0.320 e. The molecule has 2 N–H and O–H groups in total. The first-order chi connectivity index (χ1) is 7.18. The number of halogens is 3. The third-order valence-electron chi connectivity index (χ3n) is 2.21. The van der Waals surface area contributed by atoms with Gasteiger partial charge in [-0.25, -0.2) is 4.39 Å². The van der Waals surface area contributed by atoms with Crippen LogP contribution in [0.3, 0.4) is 0 Å². The Morgan fingerprint density at radius 3 is 2.56 bits per heavy atom. The van der Waals surface area contributed by atoms with Crippen molar-refractivity contribution in [2.75, 3.05) is 0 Å². The maximum Gasteiger partial charge on any atom is 0.142 e. The van der Waals surface area contributed by atoms with Crippen molar-refractivity contribution in [2.24, 2.45) is 5.73 Å². The SMILES string of the molecule is Cl.N[C@@H](c1ccsc1)c1ccc(Cl)c(F)c1. The Morgan fingerprint density at radius 2 is 2.00 bits per heavy atom. The number of hydrogen-bond donors (Lipinski definition) is 1. The van der Waals surface area contributed by atoms with Gasteiger partial charge in [-0.1, -0.05) is 17.7 Å². The van der Waals surface area contributed by atoms with Gasteiger partial charge in [-0.15, -0.1) is 12.4 Å². The predicted octanol–water partition coefficient (Wildman–Crippen LogP) is 4.01. The topological polar surface area (TPSA) is 26.0 Å². The van der Waals surface area contributed by atoms with Crippen LogP contribution in [0.15, 0.2) is 35.0 Å². The van der Waals surface area contributed by atoms with Crippen LogP contribution in [0.25, 0.3) is 0 Å². The molecule has 1 heterocycles. The van der Waals surface area contributed by atoms with E-state index in [0.29, 0.717) is 0 Å². The zero-order valence-corrected chi connectivity index (χ0v) is 10.6. The van der Waals surface area contributed by atoms with Crippen molar-refractivity contribution in [1.29, 1.82) is 0 Å². The summed E-state index contributed by atoms with van der Waals surface area (Å²) >= 11 is 7.17. The van der Waals surface area contributed by atoms with Gasteiger partial charge in [0.2, 0.25) is 0 Å². The molecule has 16 heavy (non-hydrogen) atoms. The Labute approximate surface area is 108 Å². The Hall–Kier alpha value is -0.610. The summed E-state index contributed by atoms with van der Waals surface area (Å²) in [6.07, 6.45) is 0. The van der Waals surface area contributed by atoms with Crippen molar-refractivity contribution in [3.05, 3.63) is 57.0 Å². The lowest BCUT2D eigenvalue weighted by Crippen LogP contribution is -2.10.